The molecule has 2 atom stereocenters. The molecule has 3 nitrogen and oxygen atoms in total. The van der Waals surface area contributed by atoms with Crippen LogP contribution in [-0.4, -0.2) is 18.5 Å². The van der Waals surface area contributed by atoms with E-state index in [-0.39, 0.29) is 17.9 Å². The first kappa shape index (κ1) is 13.5. The second kappa shape index (κ2) is 6.24. The fraction of sp³-hybridized carbons (Fsp3) is 0.923. The van der Waals surface area contributed by atoms with Crippen LogP contribution in [0.3, 0.4) is 0 Å². The predicted octanol–water partition coefficient (Wildman–Crippen LogP) is 1.91. The van der Waals surface area contributed by atoms with Crippen LogP contribution in [0, 0.1) is 17.8 Å². The third-order valence-corrected chi connectivity index (χ3v) is 3.96. The molecule has 0 aromatic rings. The van der Waals surface area contributed by atoms with Crippen LogP contribution in [0.25, 0.3) is 0 Å². The zero-order chi connectivity index (χ0) is 12.1. The summed E-state index contributed by atoms with van der Waals surface area (Å²) in [6.07, 6.45) is 5.02. The lowest BCUT2D eigenvalue weighted by Crippen LogP contribution is -2.47. The van der Waals surface area contributed by atoms with E-state index in [1.807, 2.05) is 6.92 Å². The number of hydrogen-bond donors (Lipinski definition) is 2. The van der Waals surface area contributed by atoms with Gasteiger partial charge in [-0.05, 0) is 24.7 Å². The molecule has 3 heteroatoms. The van der Waals surface area contributed by atoms with E-state index in [0.29, 0.717) is 18.4 Å². The van der Waals surface area contributed by atoms with Crippen molar-refractivity contribution in [3.8, 4) is 0 Å². The Bertz CT molecular complexity index is 222. The Morgan fingerprint density at radius 1 is 1.31 bits per heavy atom. The van der Waals surface area contributed by atoms with Crippen molar-refractivity contribution < 1.29 is 4.79 Å². The maximum Gasteiger partial charge on any atom is 0.223 e. The van der Waals surface area contributed by atoms with Crippen LogP contribution in [-0.2, 0) is 4.79 Å². The Morgan fingerprint density at radius 2 is 1.88 bits per heavy atom. The third kappa shape index (κ3) is 3.48. The topological polar surface area (TPSA) is 55.1 Å². The lowest BCUT2D eigenvalue weighted by Gasteiger charge is -2.25. The van der Waals surface area contributed by atoms with E-state index in [1.54, 1.807) is 0 Å². The monoisotopic (exact) mass is 226 g/mol. The SMILES string of the molecule is CC(C)C(C)C(=O)NC(CN)C1CCCC1. The highest BCUT2D eigenvalue weighted by Gasteiger charge is 2.27. The van der Waals surface area contributed by atoms with Crippen molar-refractivity contribution in [1.29, 1.82) is 0 Å². The van der Waals surface area contributed by atoms with Crippen LogP contribution < -0.4 is 11.1 Å². The van der Waals surface area contributed by atoms with Gasteiger partial charge >= 0.3 is 0 Å². The van der Waals surface area contributed by atoms with Gasteiger partial charge in [-0.2, -0.15) is 0 Å². The molecule has 3 N–H and O–H groups in total. The minimum Gasteiger partial charge on any atom is -0.352 e. The highest BCUT2D eigenvalue weighted by atomic mass is 16.1. The average molecular weight is 226 g/mol. The molecule has 1 aliphatic rings. The number of rotatable bonds is 5. The van der Waals surface area contributed by atoms with Gasteiger partial charge in [0.05, 0.1) is 0 Å². The summed E-state index contributed by atoms with van der Waals surface area (Å²) in [5.74, 6) is 1.24. The maximum atomic E-state index is 11.9. The normalized spacial score (nSPS) is 21.1. The summed E-state index contributed by atoms with van der Waals surface area (Å²) in [5.41, 5.74) is 5.76. The molecule has 1 amide bonds. The highest BCUT2D eigenvalue weighted by Crippen LogP contribution is 2.27. The summed E-state index contributed by atoms with van der Waals surface area (Å²) >= 11 is 0. The smallest absolute Gasteiger partial charge is 0.223 e. The molecular weight excluding hydrogens is 200 g/mol. The van der Waals surface area contributed by atoms with E-state index in [2.05, 4.69) is 19.2 Å². The minimum atomic E-state index is 0.0791. The van der Waals surface area contributed by atoms with Gasteiger partial charge in [0.15, 0.2) is 0 Å². The van der Waals surface area contributed by atoms with Gasteiger partial charge in [0.25, 0.3) is 0 Å². The lowest BCUT2D eigenvalue weighted by atomic mass is 9.94. The van der Waals surface area contributed by atoms with Crippen LogP contribution >= 0.6 is 0 Å². The first-order valence-corrected chi connectivity index (χ1v) is 6.56. The Morgan fingerprint density at radius 3 is 2.31 bits per heavy atom. The standard InChI is InChI=1S/C13H26N2O/c1-9(2)10(3)13(16)15-12(8-14)11-6-4-5-7-11/h9-12H,4-8,14H2,1-3H3,(H,15,16). The molecule has 0 saturated heterocycles. The Kier molecular flexibility index (Phi) is 5.26. The zero-order valence-corrected chi connectivity index (χ0v) is 10.8. The molecule has 16 heavy (non-hydrogen) atoms. The van der Waals surface area contributed by atoms with Crippen LogP contribution in [0.2, 0.25) is 0 Å². The summed E-state index contributed by atoms with van der Waals surface area (Å²) in [6.45, 7) is 6.72. The first-order chi connectivity index (χ1) is 7.56. The molecular formula is C13H26N2O. The van der Waals surface area contributed by atoms with Crippen molar-refractivity contribution in [3.63, 3.8) is 0 Å². The number of carbonyl (C=O) groups excluding carboxylic acids is 1. The fourth-order valence-electron chi connectivity index (χ4n) is 2.35. The quantitative estimate of drug-likeness (QED) is 0.752. The Labute approximate surface area is 99.2 Å². The number of nitrogens with two attached hydrogens (primary N) is 1. The molecule has 0 spiro atoms. The minimum absolute atomic E-state index is 0.0791. The average Bonchev–Trinajstić information content (AvgIpc) is 2.77. The van der Waals surface area contributed by atoms with Crippen molar-refractivity contribution in [1.82, 2.24) is 5.32 Å². The van der Waals surface area contributed by atoms with Crippen molar-refractivity contribution in [2.75, 3.05) is 6.54 Å². The van der Waals surface area contributed by atoms with Gasteiger partial charge in [-0.15, -0.1) is 0 Å². The van der Waals surface area contributed by atoms with E-state index >= 15 is 0 Å². The molecule has 1 saturated carbocycles. The summed E-state index contributed by atoms with van der Waals surface area (Å²) in [4.78, 5) is 11.9. The maximum absolute atomic E-state index is 11.9. The summed E-state index contributed by atoms with van der Waals surface area (Å²) < 4.78 is 0. The lowest BCUT2D eigenvalue weighted by molar-refractivity contribution is -0.126. The van der Waals surface area contributed by atoms with Gasteiger partial charge in [-0.1, -0.05) is 33.6 Å². The van der Waals surface area contributed by atoms with Gasteiger partial charge in [0.1, 0.15) is 0 Å². The first-order valence-electron chi connectivity index (χ1n) is 6.56. The zero-order valence-electron chi connectivity index (χ0n) is 10.8. The molecule has 94 valence electrons. The Hall–Kier alpha value is -0.570. The van der Waals surface area contributed by atoms with Crippen LogP contribution in [0.5, 0.6) is 0 Å². The molecule has 0 heterocycles. The van der Waals surface area contributed by atoms with Crippen LogP contribution in [0.4, 0.5) is 0 Å². The van der Waals surface area contributed by atoms with Crippen molar-refractivity contribution in [3.05, 3.63) is 0 Å². The number of amides is 1. The van der Waals surface area contributed by atoms with Crippen molar-refractivity contribution in [2.24, 2.45) is 23.5 Å². The highest BCUT2D eigenvalue weighted by molar-refractivity contribution is 5.78. The van der Waals surface area contributed by atoms with E-state index < -0.39 is 0 Å². The molecule has 1 rings (SSSR count). The van der Waals surface area contributed by atoms with E-state index in [4.69, 9.17) is 5.73 Å². The van der Waals surface area contributed by atoms with Crippen LogP contribution in [0.15, 0.2) is 0 Å². The van der Waals surface area contributed by atoms with Gasteiger partial charge < -0.3 is 11.1 Å². The predicted molar refractivity (Wildman–Crippen MR) is 66.9 cm³/mol. The molecule has 0 aliphatic heterocycles. The van der Waals surface area contributed by atoms with Gasteiger partial charge in [0.2, 0.25) is 5.91 Å². The fourth-order valence-corrected chi connectivity index (χ4v) is 2.35. The molecule has 1 fully saturated rings. The number of carbonyl (C=O) groups is 1. The molecule has 0 aromatic carbocycles. The van der Waals surface area contributed by atoms with E-state index in [9.17, 15) is 4.79 Å². The van der Waals surface area contributed by atoms with E-state index in [1.165, 1.54) is 25.7 Å². The third-order valence-electron chi connectivity index (χ3n) is 3.96. The molecule has 2 unspecified atom stereocenters. The molecule has 1 aliphatic carbocycles. The summed E-state index contributed by atoms with van der Waals surface area (Å²) in [5, 5.41) is 3.13. The number of hydrogen-bond acceptors (Lipinski definition) is 2. The molecule has 0 radical (unpaired) electrons. The second-order valence-electron chi connectivity index (χ2n) is 5.43. The van der Waals surface area contributed by atoms with Crippen molar-refractivity contribution in [2.45, 2.75) is 52.5 Å². The molecule has 0 bridgehead atoms. The van der Waals surface area contributed by atoms with E-state index in [0.717, 1.165) is 0 Å². The van der Waals surface area contributed by atoms with Gasteiger partial charge in [0, 0.05) is 18.5 Å². The largest absolute Gasteiger partial charge is 0.352 e. The number of nitrogens with one attached hydrogen (secondary N) is 1. The summed E-state index contributed by atoms with van der Waals surface area (Å²) in [6, 6.07) is 0.191. The molecule has 0 aromatic heterocycles. The summed E-state index contributed by atoms with van der Waals surface area (Å²) in [7, 11) is 0. The van der Waals surface area contributed by atoms with Crippen molar-refractivity contribution >= 4 is 5.91 Å². The van der Waals surface area contributed by atoms with Gasteiger partial charge in [-0.3, -0.25) is 4.79 Å². The Balaban J connectivity index is 2.46. The van der Waals surface area contributed by atoms with Gasteiger partial charge in [-0.25, -0.2) is 0 Å². The van der Waals surface area contributed by atoms with Crippen LogP contribution in [0.1, 0.15) is 46.5 Å². The second-order valence-corrected chi connectivity index (χ2v) is 5.43.